The van der Waals surface area contributed by atoms with Crippen LogP contribution in [0.3, 0.4) is 0 Å². The van der Waals surface area contributed by atoms with Crippen molar-refractivity contribution in [3.63, 3.8) is 0 Å². The van der Waals surface area contributed by atoms with Crippen molar-refractivity contribution >= 4 is 22.9 Å². The van der Waals surface area contributed by atoms with E-state index in [0.29, 0.717) is 31.9 Å². The number of urea groups is 1. The average Bonchev–Trinajstić information content (AvgIpc) is 3.08. The lowest BCUT2D eigenvalue weighted by molar-refractivity contribution is 0.0589. The number of para-hydroxylation sites is 1. The lowest BCUT2D eigenvalue weighted by Crippen LogP contribution is -2.53. The summed E-state index contributed by atoms with van der Waals surface area (Å²) in [6, 6.07) is 9.52. The van der Waals surface area contributed by atoms with Gasteiger partial charge >= 0.3 is 6.03 Å². The summed E-state index contributed by atoms with van der Waals surface area (Å²) in [5.74, 6) is 0.269. The maximum atomic E-state index is 12.6. The van der Waals surface area contributed by atoms with E-state index in [1.807, 2.05) is 29.2 Å². The summed E-state index contributed by atoms with van der Waals surface area (Å²) in [6.45, 7) is 2.36. The Bertz CT molecular complexity index is 721. The molecule has 1 aromatic carbocycles. The molecular formula is C16H17N3O3. The van der Waals surface area contributed by atoms with Gasteiger partial charge in [0.15, 0.2) is 5.76 Å². The first-order chi connectivity index (χ1) is 10.6. The number of hydrogen-bond donors (Lipinski definition) is 0. The maximum absolute atomic E-state index is 12.6. The van der Waals surface area contributed by atoms with Crippen LogP contribution >= 0.6 is 0 Å². The Morgan fingerprint density at radius 1 is 1.23 bits per heavy atom. The Labute approximate surface area is 127 Å². The predicted octanol–water partition coefficient (Wildman–Crippen LogP) is 1.62. The van der Waals surface area contributed by atoms with Crippen LogP contribution in [0.1, 0.15) is 10.6 Å². The molecule has 2 aliphatic rings. The highest BCUT2D eigenvalue weighted by Crippen LogP contribution is 2.23. The van der Waals surface area contributed by atoms with Gasteiger partial charge in [-0.25, -0.2) is 4.79 Å². The van der Waals surface area contributed by atoms with Crippen molar-refractivity contribution in [3.05, 3.63) is 36.1 Å². The van der Waals surface area contributed by atoms with Crippen molar-refractivity contribution in [1.82, 2.24) is 14.7 Å². The van der Waals surface area contributed by atoms with Gasteiger partial charge in [-0.15, -0.1) is 0 Å². The van der Waals surface area contributed by atoms with Crippen molar-refractivity contribution < 1.29 is 14.0 Å². The number of likely N-dealkylation sites (N-methyl/N-ethyl adjacent to an activating group) is 1. The monoisotopic (exact) mass is 299 g/mol. The highest BCUT2D eigenvalue weighted by Gasteiger charge is 2.40. The lowest BCUT2D eigenvalue weighted by atomic mass is 10.2. The van der Waals surface area contributed by atoms with Crippen molar-refractivity contribution in [2.75, 3.05) is 33.2 Å². The molecule has 2 aliphatic heterocycles. The van der Waals surface area contributed by atoms with Gasteiger partial charge in [0.1, 0.15) is 5.58 Å². The van der Waals surface area contributed by atoms with E-state index in [1.165, 1.54) is 0 Å². The molecular weight excluding hydrogens is 282 g/mol. The van der Waals surface area contributed by atoms with Crippen LogP contribution in [0.15, 0.2) is 34.7 Å². The number of furan rings is 1. The third kappa shape index (κ3) is 1.94. The zero-order valence-electron chi connectivity index (χ0n) is 12.4. The molecule has 0 bridgehead atoms. The molecule has 22 heavy (non-hydrogen) atoms. The van der Waals surface area contributed by atoms with E-state index in [-0.39, 0.29) is 18.0 Å². The molecule has 6 nitrogen and oxygen atoms in total. The van der Waals surface area contributed by atoms with E-state index in [1.54, 1.807) is 22.9 Å². The third-order valence-corrected chi connectivity index (χ3v) is 4.46. The van der Waals surface area contributed by atoms with Gasteiger partial charge < -0.3 is 19.1 Å². The molecule has 2 aromatic rings. The molecule has 1 unspecified atom stereocenters. The minimum atomic E-state index is -0.0992. The summed E-state index contributed by atoms with van der Waals surface area (Å²) >= 11 is 0. The second-order valence-corrected chi connectivity index (χ2v) is 5.91. The van der Waals surface area contributed by atoms with Crippen LogP contribution in [0.25, 0.3) is 11.0 Å². The number of carbonyl (C=O) groups is 2. The molecule has 0 radical (unpaired) electrons. The number of hydrogen-bond acceptors (Lipinski definition) is 3. The number of nitrogens with zero attached hydrogens (tertiary/aromatic N) is 3. The lowest BCUT2D eigenvalue weighted by Gasteiger charge is -2.35. The largest absolute Gasteiger partial charge is 0.451 e. The fourth-order valence-electron chi connectivity index (χ4n) is 3.30. The molecule has 1 atom stereocenters. The number of carbonyl (C=O) groups excluding carboxylic acids is 2. The zero-order chi connectivity index (χ0) is 15.3. The molecule has 2 fully saturated rings. The Kier molecular flexibility index (Phi) is 2.85. The number of fused-ring (bicyclic) bond motifs is 2. The second kappa shape index (κ2) is 4.76. The summed E-state index contributed by atoms with van der Waals surface area (Å²) < 4.78 is 5.65. The van der Waals surface area contributed by atoms with Crippen molar-refractivity contribution in [1.29, 1.82) is 0 Å². The zero-order valence-corrected chi connectivity index (χ0v) is 12.4. The Balaban J connectivity index is 1.55. The molecule has 3 heterocycles. The smallest absolute Gasteiger partial charge is 0.320 e. The molecule has 0 N–H and O–H groups in total. The summed E-state index contributed by atoms with van der Waals surface area (Å²) in [7, 11) is 1.80. The van der Waals surface area contributed by atoms with Gasteiger partial charge in [0, 0.05) is 38.6 Å². The summed E-state index contributed by atoms with van der Waals surface area (Å²) in [6.07, 6.45) is 0. The second-order valence-electron chi connectivity index (χ2n) is 5.91. The van der Waals surface area contributed by atoms with Crippen LogP contribution in [0, 0.1) is 0 Å². The summed E-state index contributed by atoms with van der Waals surface area (Å²) in [5, 5.41) is 0.931. The average molecular weight is 299 g/mol. The van der Waals surface area contributed by atoms with Crippen LogP contribution < -0.4 is 0 Å². The third-order valence-electron chi connectivity index (χ3n) is 4.46. The van der Waals surface area contributed by atoms with E-state index in [0.717, 1.165) is 11.0 Å². The Hall–Kier alpha value is -2.50. The van der Waals surface area contributed by atoms with Gasteiger partial charge in [0.05, 0.1) is 6.04 Å². The Morgan fingerprint density at radius 3 is 2.86 bits per heavy atom. The van der Waals surface area contributed by atoms with E-state index in [2.05, 4.69) is 0 Å². The van der Waals surface area contributed by atoms with Crippen LogP contribution in [0.2, 0.25) is 0 Å². The quantitative estimate of drug-likeness (QED) is 0.804. The highest BCUT2D eigenvalue weighted by atomic mass is 16.3. The fraction of sp³-hybridized carbons (Fsp3) is 0.375. The first-order valence-electron chi connectivity index (χ1n) is 7.43. The normalized spacial score (nSPS) is 21.6. The van der Waals surface area contributed by atoms with E-state index in [4.69, 9.17) is 4.42 Å². The molecule has 2 saturated heterocycles. The standard InChI is InChI=1S/C16H17N3O3/c1-17-9-12-10-18(6-7-19(12)16(17)21)15(20)14-8-11-4-2-3-5-13(11)22-14/h2-5,8,12H,6-7,9-10H2,1H3. The first-order valence-corrected chi connectivity index (χ1v) is 7.43. The molecule has 0 saturated carbocycles. The summed E-state index contributed by atoms with van der Waals surface area (Å²) in [5.41, 5.74) is 0.722. The van der Waals surface area contributed by atoms with Gasteiger partial charge in [0.25, 0.3) is 5.91 Å². The summed E-state index contributed by atoms with van der Waals surface area (Å²) in [4.78, 5) is 29.9. The van der Waals surface area contributed by atoms with Crippen LogP contribution in [0.4, 0.5) is 4.79 Å². The fourth-order valence-corrected chi connectivity index (χ4v) is 3.30. The van der Waals surface area contributed by atoms with Crippen LogP contribution in [-0.4, -0.2) is 65.9 Å². The molecule has 0 aliphatic carbocycles. The Morgan fingerprint density at radius 2 is 2.05 bits per heavy atom. The van der Waals surface area contributed by atoms with Crippen LogP contribution in [-0.2, 0) is 0 Å². The van der Waals surface area contributed by atoms with Crippen molar-refractivity contribution in [2.24, 2.45) is 0 Å². The number of rotatable bonds is 1. The maximum Gasteiger partial charge on any atom is 0.320 e. The van der Waals surface area contributed by atoms with Gasteiger partial charge in [-0.1, -0.05) is 18.2 Å². The number of amides is 3. The molecule has 6 heteroatoms. The van der Waals surface area contributed by atoms with Gasteiger partial charge in [-0.2, -0.15) is 0 Å². The molecule has 1 aromatic heterocycles. The SMILES string of the molecule is CN1CC2CN(C(=O)c3cc4ccccc4o3)CCN2C1=O. The van der Waals surface area contributed by atoms with E-state index >= 15 is 0 Å². The molecule has 114 valence electrons. The molecule has 3 amide bonds. The van der Waals surface area contributed by atoms with Gasteiger partial charge in [-0.05, 0) is 12.1 Å². The van der Waals surface area contributed by atoms with E-state index < -0.39 is 0 Å². The minimum Gasteiger partial charge on any atom is -0.451 e. The highest BCUT2D eigenvalue weighted by molar-refractivity contribution is 5.96. The minimum absolute atomic E-state index is 0.0563. The van der Waals surface area contributed by atoms with Gasteiger partial charge in [-0.3, -0.25) is 4.79 Å². The number of piperazine rings is 1. The molecule has 0 spiro atoms. The first kappa shape index (κ1) is 13.2. The van der Waals surface area contributed by atoms with Crippen molar-refractivity contribution in [3.8, 4) is 0 Å². The van der Waals surface area contributed by atoms with Crippen molar-refractivity contribution in [2.45, 2.75) is 6.04 Å². The predicted molar refractivity (Wildman–Crippen MR) is 80.6 cm³/mol. The van der Waals surface area contributed by atoms with E-state index in [9.17, 15) is 9.59 Å². The molecule has 4 rings (SSSR count). The topological polar surface area (TPSA) is 57.0 Å². The van der Waals surface area contributed by atoms with Gasteiger partial charge in [0.2, 0.25) is 0 Å². The van der Waals surface area contributed by atoms with Crippen LogP contribution in [0.5, 0.6) is 0 Å². The number of benzene rings is 1.